The molecule has 1 aromatic heterocycles. The fourth-order valence-corrected chi connectivity index (χ4v) is 3.71. The van der Waals surface area contributed by atoms with Crippen LogP contribution in [0.2, 0.25) is 0 Å². The van der Waals surface area contributed by atoms with Crippen molar-refractivity contribution in [1.29, 1.82) is 0 Å². The summed E-state index contributed by atoms with van der Waals surface area (Å²) < 4.78 is 0. The van der Waals surface area contributed by atoms with E-state index in [9.17, 15) is 5.11 Å². The van der Waals surface area contributed by atoms with Gasteiger partial charge in [0.2, 0.25) is 0 Å². The fourth-order valence-electron chi connectivity index (χ4n) is 2.61. The van der Waals surface area contributed by atoms with Gasteiger partial charge < -0.3 is 5.11 Å². The zero-order valence-corrected chi connectivity index (χ0v) is 11.6. The van der Waals surface area contributed by atoms with Crippen LogP contribution in [0, 0.1) is 19.8 Å². The number of thiophene rings is 1. The van der Waals surface area contributed by atoms with Gasteiger partial charge in [0.25, 0.3) is 0 Å². The number of rotatable bonds is 3. The van der Waals surface area contributed by atoms with E-state index in [1.54, 1.807) is 11.3 Å². The molecule has 0 aliphatic heterocycles. The molecule has 0 saturated heterocycles. The topological polar surface area (TPSA) is 20.2 Å². The largest absolute Gasteiger partial charge is 0.387 e. The first-order valence-electron chi connectivity index (χ1n) is 6.46. The zero-order chi connectivity index (χ0) is 12.7. The Morgan fingerprint density at radius 3 is 2.56 bits per heavy atom. The van der Waals surface area contributed by atoms with Gasteiger partial charge >= 0.3 is 0 Å². The van der Waals surface area contributed by atoms with Crippen LogP contribution >= 0.6 is 11.3 Å². The van der Waals surface area contributed by atoms with Crippen molar-refractivity contribution in [1.82, 2.24) is 0 Å². The lowest BCUT2D eigenvalue weighted by Gasteiger charge is -2.07. The van der Waals surface area contributed by atoms with Crippen LogP contribution in [0.3, 0.4) is 0 Å². The van der Waals surface area contributed by atoms with E-state index in [1.807, 2.05) is 6.07 Å². The molecule has 1 heterocycles. The van der Waals surface area contributed by atoms with Crippen molar-refractivity contribution in [2.24, 2.45) is 5.92 Å². The van der Waals surface area contributed by atoms with Crippen molar-refractivity contribution in [3.63, 3.8) is 0 Å². The smallest absolute Gasteiger partial charge is 0.0916 e. The molecule has 0 amide bonds. The Morgan fingerprint density at radius 1 is 1.22 bits per heavy atom. The molecule has 1 N–H and O–H groups in total. The molecule has 0 bridgehead atoms. The van der Waals surface area contributed by atoms with E-state index in [4.69, 9.17) is 0 Å². The molecule has 94 valence electrons. The monoisotopic (exact) mass is 258 g/mol. The molecule has 3 unspecified atom stereocenters. The second kappa shape index (κ2) is 4.52. The molecule has 0 spiro atoms. The molecule has 18 heavy (non-hydrogen) atoms. The summed E-state index contributed by atoms with van der Waals surface area (Å²) in [5.41, 5.74) is 2.66. The minimum atomic E-state index is -0.285. The minimum absolute atomic E-state index is 0.285. The number of aliphatic hydroxyl groups is 1. The van der Waals surface area contributed by atoms with Gasteiger partial charge in [0.1, 0.15) is 0 Å². The molecule has 0 radical (unpaired) electrons. The Kier molecular flexibility index (Phi) is 3.00. The number of aliphatic hydroxyl groups excluding tert-OH is 1. The van der Waals surface area contributed by atoms with E-state index in [2.05, 4.69) is 44.2 Å². The maximum Gasteiger partial charge on any atom is 0.0916 e. The van der Waals surface area contributed by atoms with Gasteiger partial charge in [-0.2, -0.15) is 0 Å². The highest BCUT2D eigenvalue weighted by Gasteiger charge is 2.44. The van der Waals surface area contributed by atoms with Gasteiger partial charge in [-0.15, -0.1) is 11.3 Å². The highest BCUT2D eigenvalue weighted by atomic mass is 32.1. The van der Waals surface area contributed by atoms with Crippen molar-refractivity contribution in [3.05, 3.63) is 57.3 Å². The van der Waals surface area contributed by atoms with Crippen LogP contribution < -0.4 is 0 Å². The van der Waals surface area contributed by atoms with Gasteiger partial charge in [-0.1, -0.05) is 30.3 Å². The molecule has 1 aliphatic rings. The summed E-state index contributed by atoms with van der Waals surface area (Å²) in [5.74, 6) is 0.953. The Bertz CT molecular complexity index is 524. The van der Waals surface area contributed by atoms with Crippen molar-refractivity contribution < 1.29 is 5.11 Å². The van der Waals surface area contributed by atoms with Crippen molar-refractivity contribution in [3.8, 4) is 0 Å². The van der Waals surface area contributed by atoms with Crippen LogP contribution in [0.5, 0.6) is 0 Å². The highest BCUT2D eigenvalue weighted by molar-refractivity contribution is 7.12. The first-order valence-corrected chi connectivity index (χ1v) is 7.28. The summed E-state index contributed by atoms with van der Waals surface area (Å²) in [6.45, 7) is 4.24. The lowest BCUT2D eigenvalue weighted by Crippen LogP contribution is -1.98. The SMILES string of the molecule is Cc1cc(C(O)C2CC2c2ccccc2)sc1C. The summed E-state index contributed by atoms with van der Waals surface area (Å²) in [5, 5.41) is 10.4. The first-order chi connectivity index (χ1) is 8.66. The lowest BCUT2D eigenvalue weighted by molar-refractivity contribution is 0.155. The summed E-state index contributed by atoms with van der Waals surface area (Å²) in [4.78, 5) is 2.45. The maximum atomic E-state index is 10.4. The summed E-state index contributed by atoms with van der Waals surface area (Å²) >= 11 is 1.74. The molecular formula is C16H18OS. The van der Waals surface area contributed by atoms with Crippen molar-refractivity contribution in [2.45, 2.75) is 32.3 Å². The Hall–Kier alpha value is -1.12. The number of aryl methyl sites for hydroxylation is 2. The van der Waals surface area contributed by atoms with Crippen LogP contribution in [0.25, 0.3) is 0 Å². The Morgan fingerprint density at radius 2 is 1.94 bits per heavy atom. The Balaban J connectivity index is 1.75. The predicted octanol–water partition coefficient (Wildman–Crippen LogP) is 4.20. The quantitative estimate of drug-likeness (QED) is 0.874. The van der Waals surface area contributed by atoms with E-state index >= 15 is 0 Å². The lowest BCUT2D eigenvalue weighted by atomic mass is 10.1. The first kappa shape index (κ1) is 11.9. The predicted molar refractivity (Wildman–Crippen MR) is 76.0 cm³/mol. The van der Waals surface area contributed by atoms with Gasteiger partial charge in [0, 0.05) is 9.75 Å². The molecule has 3 atom stereocenters. The average Bonchev–Trinajstić information content (AvgIpc) is 3.11. The third kappa shape index (κ3) is 2.11. The van der Waals surface area contributed by atoms with Gasteiger partial charge in [-0.3, -0.25) is 0 Å². The van der Waals surface area contributed by atoms with Crippen LogP contribution in [0.4, 0.5) is 0 Å². The molecular weight excluding hydrogens is 240 g/mol. The highest BCUT2D eigenvalue weighted by Crippen LogP contribution is 2.54. The van der Waals surface area contributed by atoms with E-state index in [1.165, 1.54) is 16.0 Å². The average molecular weight is 258 g/mol. The molecule has 3 rings (SSSR count). The van der Waals surface area contributed by atoms with Crippen LogP contribution in [-0.4, -0.2) is 5.11 Å². The van der Waals surface area contributed by atoms with E-state index in [-0.39, 0.29) is 6.10 Å². The summed E-state index contributed by atoms with van der Waals surface area (Å²) in [6.07, 6.45) is 0.828. The van der Waals surface area contributed by atoms with Gasteiger partial charge in [0.15, 0.2) is 0 Å². The second-order valence-electron chi connectivity index (χ2n) is 5.25. The van der Waals surface area contributed by atoms with Crippen molar-refractivity contribution >= 4 is 11.3 Å². The van der Waals surface area contributed by atoms with Gasteiger partial charge in [0.05, 0.1) is 6.10 Å². The molecule has 1 nitrogen and oxygen atoms in total. The van der Waals surface area contributed by atoms with Crippen LogP contribution in [0.15, 0.2) is 36.4 Å². The van der Waals surface area contributed by atoms with Crippen molar-refractivity contribution in [2.75, 3.05) is 0 Å². The molecule has 2 heteroatoms. The number of hydrogen-bond acceptors (Lipinski definition) is 2. The zero-order valence-electron chi connectivity index (χ0n) is 10.8. The summed E-state index contributed by atoms with van der Waals surface area (Å²) in [7, 11) is 0. The molecule has 1 aliphatic carbocycles. The maximum absolute atomic E-state index is 10.4. The van der Waals surface area contributed by atoms with Gasteiger partial charge in [-0.25, -0.2) is 0 Å². The fraction of sp³-hybridized carbons (Fsp3) is 0.375. The molecule has 2 aromatic rings. The molecule has 1 saturated carbocycles. The minimum Gasteiger partial charge on any atom is -0.387 e. The second-order valence-corrected chi connectivity index (χ2v) is 6.54. The number of hydrogen-bond donors (Lipinski definition) is 1. The number of benzene rings is 1. The van der Waals surface area contributed by atoms with E-state index < -0.39 is 0 Å². The van der Waals surface area contributed by atoms with Crippen LogP contribution in [0.1, 0.15) is 39.3 Å². The third-order valence-electron chi connectivity index (χ3n) is 3.95. The molecule has 1 aromatic carbocycles. The summed E-state index contributed by atoms with van der Waals surface area (Å²) in [6, 6.07) is 12.7. The standard InChI is InChI=1S/C16H18OS/c1-10-8-15(18-11(10)2)16(17)14-9-13(14)12-6-4-3-5-7-12/h3-8,13-14,16-17H,9H2,1-2H3. The molecule has 1 fully saturated rings. The Labute approximate surface area is 112 Å². The van der Waals surface area contributed by atoms with Gasteiger partial charge in [-0.05, 0) is 49.3 Å². The third-order valence-corrected chi connectivity index (χ3v) is 5.17. The van der Waals surface area contributed by atoms with E-state index in [0.29, 0.717) is 11.8 Å². The van der Waals surface area contributed by atoms with Crippen LogP contribution in [-0.2, 0) is 0 Å². The van der Waals surface area contributed by atoms with E-state index in [0.717, 1.165) is 11.3 Å². The normalized spacial score (nSPS) is 23.9.